The molecular weight excluding hydrogens is 273 g/mol. The highest BCUT2D eigenvalue weighted by molar-refractivity contribution is 5.69. The summed E-state index contributed by atoms with van der Waals surface area (Å²) in [7, 11) is 0. The van der Waals surface area contributed by atoms with Crippen LogP contribution in [0.3, 0.4) is 0 Å². The smallest absolute Gasteiger partial charge is 0.410 e. The van der Waals surface area contributed by atoms with E-state index in [1.807, 2.05) is 20.8 Å². The van der Waals surface area contributed by atoms with E-state index in [9.17, 15) is 14.3 Å². The van der Waals surface area contributed by atoms with E-state index >= 15 is 0 Å². The number of hydrogen-bond donors (Lipinski definition) is 1. The van der Waals surface area contributed by atoms with Crippen molar-refractivity contribution in [3.63, 3.8) is 0 Å². The number of likely N-dealkylation sites (tertiary alicyclic amines) is 1. The molecule has 116 valence electrons. The molecule has 2 atom stereocenters. The van der Waals surface area contributed by atoms with Gasteiger partial charge in [-0.3, -0.25) is 0 Å². The summed E-state index contributed by atoms with van der Waals surface area (Å²) < 4.78 is 18.4. The lowest BCUT2D eigenvalue weighted by atomic mass is 9.96. The van der Waals surface area contributed by atoms with Crippen LogP contribution >= 0.6 is 0 Å². The molecule has 1 unspecified atom stereocenters. The number of amides is 1. The molecule has 5 heteroatoms. The second-order valence-corrected chi connectivity index (χ2v) is 6.45. The molecule has 21 heavy (non-hydrogen) atoms. The van der Waals surface area contributed by atoms with Gasteiger partial charge in [0.1, 0.15) is 11.4 Å². The second-order valence-electron chi connectivity index (χ2n) is 6.45. The van der Waals surface area contributed by atoms with Crippen molar-refractivity contribution in [2.45, 2.75) is 44.8 Å². The van der Waals surface area contributed by atoms with Crippen molar-refractivity contribution >= 4 is 6.09 Å². The lowest BCUT2D eigenvalue weighted by molar-refractivity contribution is 0.0174. The van der Waals surface area contributed by atoms with E-state index in [2.05, 4.69) is 0 Å². The maximum atomic E-state index is 13.0. The monoisotopic (exact) mass is 295 g/mol. The van der Waals surface area contributed by atoms with Gasteiger partial charge in [0, 0.05) is 12.5 Å². The molecule has 0 radical (unpaired) electrons. The SMILES string of the molecule is CC(C)(C)OC(=O)N1CC(c2ccc(F)cc2)C[C@@H]1CO. The minimum absolute atomic E-state index is 0.0928. The minimum atomic E-state index is -0.564. The van der Waals surface area contributed by atoms with Crippen molar-refractivity contribution < 1.29 is 19.0 Å². The van der Waals surface area contributed by atoms with Crippen molar-refractivity contribution in [2.24, 2.45) is 0 Å². The van der Waals surface area contributed by atoms with Crippen LogP contribution in [-0.4, -0.2) is 40.9 Å². The lowest BCUT2D eigenvalue weighted by Gasteiger charge is -2.27. The average molecular weight is 295 g/mol. The number of aliphatic hydroxyl groups is 1. The Morgan fingerprint density at radius 1 is 1.38 bits per heavy atom. The molecule has 1 heterocycles. The van der Waals surface area contributed by atoms with E-state index in [1.165, 1.54) is 12.1 Å². The molecule has 1 saturated heterocycles. The Morgan fingerprint density at radius 3 is 2.52 bits per heavy atom. The number of ether oxygens (including phenoxy) is 1. The van der Waals surface area contributed by atoms with E-state index in [4.69, 9.17) is 4.74 Å². The van der Waals surface area contributed by atoms with Crippen LogP contribution in [0.25, 0.3) is 0 Å². The van der Waals surface area contributed by atoms with Crippen LogP contribution in [0.2, 0.25) is 0 Å². The Balaban J connectivity index is 2.10. The largest absolute Gasteiger partial charge is 0.444 e. The Labute approximate surface area is 124 Å². The van der Waals surface area contributed by atoms with E-state index in [0.717, 1.165) is 5.56 Å². The molecule has 0 bridgehead atoms. The van der Waals surface area contributed by atoms with Gasteiger partial charge in [0.05, 0.1) is 12.6 Å². The first-order valence-electron chi connectivity index (χ1n) is 7.16. The van der Waals surface area contributed by atoms with Crippen LogP contribution in [0.1, 0.15) is 38.7 Å². The van der Waals surface area contributed by atoms with Gasteiger partial charge in [0.15, 0.2) is 0 Å². The van der Waals surface area contributed by atoms with Crippen LogP contribution in [0.5, 0.6) is 0 Å². The number of rotatable bonds is 2. The third-order valence-corrected chi connectivity index (χ3v) is 3.59. The Morgan fingerprint density at radius 2 is 2.00 bits per heavy atom. The van der Waals surface area contributed by atoms with Crippen LogP contribution in [-0.2, 0) is 4.74 Å². The maximum Gasteiger partial charge on any atom is 0.410 e. The fraction of sp³-hybridized carbons (Fsp3) is 0.562. The predicted octanol–water partition coefficient (Wildman–Crippen LogP) is 2.91. The quantitative estimate of drug-likeness (QED) is 0.912. The number of nitrogens with zero attached hydrogens (tertiary/aromatic N) is 1. The summed E-state index contributed by atoms with van der Waals surface area (Å²) in [4.78, 5) is 13.8. The molecule has 1 aliphatic heterocycles. The van der Waals surface area contributed by atoms with Gasteiger partial charge in [-0.25, -0.2) is 9.18 Å². The van der Waals surface area contributed by atoms with E-state index < -0.39 is 11.7 Å². The van der Waals surface area contributed by atoms with E-state index in [0.29, 0.717) is 13.0 Å². The van der Waals surface area contributed by atoms with Gasteiger partial charge in [-0.1, -0.05) is 12.1 Å². The van der Waals surface area contributed by atoms with Crippen molar-refractivity contribution in [3.05, 3.63) is 35.6 Å². The highest BCUT2D eigenvalue weighted by Gasteiger charge is 2.37. The number of benzene rings is 1. The highest BCUT2D eigenvalue weighted by Crippen LogP contribution is 2.32. The fourth-order valence-corrected chi connectivity index (χ4v) is 2.61. The highest BCUT2D eigenvalue weighted by atomic mass is 19.1. The van der Waals surface area contributed by atoms with Gasteiger partial charge in [-0.2, -0.15) is 0 Å². The van der Waals surface area contributed by atoms with Crippen LogP contribution < -0.4 is 0 Å². The van der Waals surface area contributed by atoms with Crippen LogP contribution in [0.4, 0.5) is 9.18 Å². The van der Waals surface area contributed by atoms with Crippen LogP contribution in [0, 0.1) is 5.82 Å². The topological polar surface area (TPSA) is 49.8 Å². The molecular formula is C16H22FNO3. The predicted molar refractivity (Wildman–Crippen MR) is 77.6 cm³/mol. The van der Waals surface area contributed by atoms with Crippen molar-refractivity contribution in [1.29, 1.82) is 0 Å². The zero-order valence-electron chi connectivity index (χ0n) is 12.7. The molecule has 0 aliphatic carbocycles. The van der Waals surface area contributed by atoms with Gasteiger partial charge < -0.3 is 14.7 Å². The third kappa shape index (κ3) is 3.94. The molecule has 1 N–H and O–H groups in total. The first-order valence-corrected chi connectivity index (χ1v) is 7.16. The third-order valence-electron chi connectivity index (χ3n) is 3.59. The van der Waals surface area contributed by atoms with Crippen LogP contribution in [0.15, 0.2) is 24.3 Å². The van der Waals surface area contributed by atoms with Crippen molar-refractivity contribution in [1.82, 2.24) is 4.90 Å². The van der Waals surface area contributed by atoms with Gasteiger partial charge in [-0.05, 0) is 44.9 Å². The van der Waals surface area contributed by atoms with Crippen molar-refractivity contribution in [3.8, 4) is 0 Å². The zero-order chi connectivity index (χ0) is 15.6. The Kier molecular flexibility index (Phi) is 4.52. The minimum Gasteiger partial charge on any atom is -0.444 e. The van der Waals surface area contributed by atoms with Gasteiger partial charge in [-0.15, -0.1) is 0 Å². The first-order chi connectivity index (χ1) is 9.80. The second kappa shape index (κ2) is 6.02. The van der Waals surface area contributed by atoms with Gasteiger partial charge >= 0.3 is 6.09 Å². The molecule has 0 saturated carbocycles. The molecule has 2 rings (SSSR count). The molecule has 4 nitrogen and oxygen atoms in total. The van der Waals surface area contributed by atoms with E-state index in [-0.39, 0.29) is 24.4 Å². The summed E-state index contributed by atoms with van der Waals surface area (Å²) in [5.74, 6) is -0.185. The van der Waals surface area contributed by atoms with Gasteiger partial charge in [0.2, 0.25) is 0 Å². The zero-order valence-corrected chi connectivity index (χ0v) is 12.7. The number of carbonyl (C=O) groups is 1. The molecule has 1 fully saturated rings. The summed E-state index contributed by atoms with van der Waals surface area (Å²) >= 11 is 0. The Bertz CT molecular complexity index is 495. The number of carbonyl (C=O) groups excluding carboxylic acids is 1. The molecule has 1 aromatic rings. The molecule has 1 aromatic carbocycles. The fourth-order valence-electron chi connectivity index (χ4n) is 2.61. The summed E-state index contributed by atoms with van der Waals surface area (Å²) in [5, 5.41) is 9.48. The molecule has 0 spiro atoms. The molecule has 0 aromatic heterocycles. The first kappa shape index (κ1) is 15.8. The Hall–Kier alpha value is -1.62. The van der Waals surface area contributed by atoms with Crippen molar-refractivity contribution in [2.75, 3.05) is 13.2 Å². The average Bonchev–Trinajstić information content (AvgIpc) is 2.82. The standard InChI is InChI=1S/C16H22FNO3/c1-16(2,3)21-15(20)18-9-12(8-14(18)10-19)11-4-6-13(17)7-5-11/h4-7,12,14,19H,8-10H2,1-3H3/t12?,14-/m1/s1. The summed E-state index contributed by atoms with van der Waals surface area (Å²) in [6, 6.07) is 6.04. The maximum absolute atomic E-state index is 13.0. The number of aliphatic hydroxyl groups excluding tert-OH is 1. The summed E-state index contributed by atoms with van der Waals surface area (Å²) in [6.07, 6.45) is 0.243. The summed E-state index contributed by atoms with van der Waals surface area (Å²) in [6.45, 7) is 5.81. The number of halogens is 1. The number of hydrogen-bond acceptors (Lipinski definition) is 3. The van der Waals surface area contributed by atoms with E-state index in [1.54, 1.807) is 17.0 Å². The molecule has 1 amide bonds. The molecule has 1 aliphatic rings. The lowest BCUT2D eigenvalue weighted by Crippen LogP contribution is -2.41. The summed E-state index contributed by atoms with van der Waals surface area (Å²) in [5.41, 5.74) is 0.409. The normalized spacial score (nSPS) is 22.4. The van der Waals surface area contributed by atoms with Gasteiger partial charge in [0.25, 0.3) is 0 Å².